The largest absolute Gasteiger partial charge is 0.468 e. The van der Waals surface area contributed by atoms with Crippen molar-refractivity contribution in [1.29, 1.82) is 0 Å². The van der Waals surface area contributed by atoms with Crippen LogP contribution in [0.25, 0.3) is 5.69 Å². The van der Waals surface area contributed by atoms with E-state index in [4.69, 9.17) is 4.74 Å². The fourth-order valence-electron chi connectivity index (χ4n) is 3.62. The van der Waals surface area contributed by atoms with Gasteiger partial charge in [0.05, 0.1) is 18.4 Å². The van der Waals surface area contributed by atoms with Gasteiger partial charge in [0.25, 0.3) is 6.04 Å². The molecule has 1 atom stereocenters. The van der Waals surface area contributed by atoms with Crippen molar-refractivity contribution in [3.05, 3.63) is 76.0 Å². The van der Waals surface area contributed by atoms with E-state index in [0.29, 0.717) is 0 Å². The van der Waals surface area contributed by atoms with Gasteiger partial charge in [-0.05, 0) is 43.2 Å². The maximum atomic E-state index is 11.6. The van der Waals surface area contributed by atoms with E-state index in [1.807, 2.05) is 44.4 Å². The SMILES string of the molecule is COC(=O)CC#C[C@H]1c2ncc(C)n2-c2ccc(Br)cc2C(c2ccccn2)=[N+]1C. The molecule has 30 heavy (non-hydrogen) atoms. The summed E-state index contributed by atoms with van der Waals surface area (Å²) < 4.78 is 9.88. The average molecular weight is 464 g/mol. The number of pyridine rings is 1. The highest BCUT2D eigenvalue weighted by Gasteiger charge is 2.35. The second-order valence-corrected chi connectivity index (χ2v) is 7.82. The van der Waals surface area contributed by atoms with Crippen LogP contribution in [0.4, 0.5) is 0 Å². The molecule has 150 valence electrons. The molecule has 0 fully saturated rings. The molecule has 3 aromatic rings. The van der Waals surface area contributed by atoms with Gasteiger partial charge in [0.15, 0.2) is 5.82 Å². The molecule has 0 aliphatic carbocycles. The second kappa shape index (κ2) is 8.25. The van der Waals surface area contributed by atoms with Crippen molar-refractivity contribution in [2.45, 2.75) is 19.4 Å². The first-order chi connectivity index (χ1) is 14.5. The monoisotopic (exact) mass is 463 g/mol. The maximum absolute atomic E-state index is 11.6. The molecule has 4 rings (SSSR count). The number of carbonyl (C=O) groups is 1. The lowest BCUT2D eigenvalue weighted by Gasteiger charge is -2.11. The fourth-order valence-corrected chi connectivity index (χ4v) is 3.98. The van der Waals surface area contributed by atoms with Crippen molar-refractivity contribution >= 4 is 27.6 Å². The van der Waals surface area contributed by atoms with Crippen molar-refractivity contribution in [3.8, 4) is 17.5 Å². The molecule has 6 nitrogen and oxygen atoms in total. The molecule has 0 saturated heterocycles. The van der Waals surface area contributed by atoms with Crippen LogP contribution in [-0.2, 0) is 9.53 Å². The molecule has 0 N–H and O–H groups in total. The minimum absolute atomic E-state index is 0.0257. The number of hydrogen-bond donors (Lipinski definition) is 0. The van der Waals surface area contributed by atoms with Gasteiger partial charge in [0.2, 0.25) is 5.71 Å². The van der Waals surface area contributed by atoms with Crippen LogP contribution in [0.3, 0.4) is 0 Å². The zero-order valence-electron chi connectivity index (χ0n) is 16.9. The van der Waals surface area contributed by atoms with Crippen LogP contribution >= 0.6 is 15.9 Å². The average Bonchev–Trinajstić information content (AvgIpc) is 3.08. The normalized spacial score (nSPS) is 14.9. The van der Waals surface area contributed by atoms with Crippen molar-refractivity contribution < 1.29 is 14.1 Å². The van der Waals surface area contributed by atoms with Crippen LogP contribution in [0, 0.1) is 18.8 Å². The molecule has 0 bridgehead atoms. The Bertz CT molecular complexity index is 1220. The first kappa shape index (κ1) is 20.0. The molecule has 1 aliphatic rings. The molecule has 0 amide bonds. The number of hydrogen-bond acceptors (Lipinski definition) is 4. The summed E-state index contributed by atoms with van der Waals surface area (Å²) in [5.41, 5.74) is 4.80. The number of rotatable bonds is 2. The summed E-state index contributed by atoms with van der Waals surface area (Å²) in [5.74, 6) is 6.62. The van der Waals surface area contributed by atoms with Gasteiger partial charge in [-0.3, -0.25) is 9.36 Å². The summed E-state index contributed by atoms with van der Waals surface area (Å²) in [7, 11) is 3.34. The Labute approximate surface area is 183 Å². The van der Waals surface area contributed by atoms with Gasteiger partial charge in [-0.15, -0.1) is 0 Å². The van der Waals surface area contributed by atoms with Gasteiger partial charge in [0.1, 0.15) is 19.2 Å². The first-order valence-electron chi connectivity index (χ1n) is 9.42. The zero-order valence-corrected chi connectivity index (χ0v) is 18.5. The Morgan fingerprint density at radius 3 is 2.87 bits per heavy atom. The first-order valence-corrected chi connectivity index (χ1v) is 10.2. The van der Waals surface area contributed by atoms with Crippen molar-refractivity contribution in [2.75, 3.05) is 14.2 Å². The number of imidazole rings is 1. The minimum Gasteiger partial charge on any atom is -0.468 e. The Morgan fingerprint density at radius 2 is 2.13 bits per heavy atom. The van der Waals surface area contributed by atoms with Gasteiger partial charge in [-0.25, -0.2) is 14.5 Å². The molecule has 3 heterocycles. The van der Waals surface area contributed by atoms with Gasteiger partial charge in [-0.1, -0.05) is 27.9 Å². The Kier molecular flexibility index (Phi) is 5.51. The Morgan fingerprint density at radius 1 is 1.30 bits per heavy atom. The third-order valence-electron chi connectivity index (χ3n) is 5.01. The number of halogens is 1. The van der Waals surface area contributed by atoms with Gasteiger partial charge in [-0.2, -0.15) is 0 Å². The summed E-state index contributed by atoms with van der Waals surface area (Å²) in [6, 6.07) is 11.6. The number of carbonyl (C=O) groups excluding carboxylic acids is 1. The number of nitrogens with zero attached hydrogens (tertiary/aromatic N) is 4. The molecular weight excluding hydrogens is 444 g/mol. The summed E-state index contributed by atoms with van der Waals surface area (Å²) in [5, 5.41) is 0. The van der Waals surface area contributed by atoms with Crippen molar-refractivity contribution in [2.24, 2.45) is 0 Å². The Balaban J connectivity index is 2.01. The van der Waals surface area contributed by atoms with Gasteiger partial charge in [0, 0.05) is 22.6 Å². The molecule has 0 unspecified atom stereocenters. The number of ether oxygens (including phenoxy) is 1. The van der Waals surface area contributed by atoms with Crippen LogP contribution in [0.1, 0.15) is 35.2 Å². The molecule has 2 aromatic heterocycles. The number of esters is 1. The van der Waals surface area contributed by atoms with E-state index in [9.17, 15) is 4.79 Å². The predicted molar refractivity (Wildman–Crippen MR) is 117 cm³/mol. The number of benzene rings is 1. The number of aryl methyl sites for hydroxylation is 1. The van der Waals surface area contributed by atoms with E-state index < -0.39 is 0 Å². The van der Waals surface area contributed by atoms with E-state index in [1.165, 1.54) is 7.11 Å². The van der Waals surface area contributed by atoms with Crippen LogP contribution in [0.5, 0.6) is 0 Å². The maximum Gasteiger partial charge on any atom is 0.317 e. The standard InChI is InChI=1S/C23H20BrN4O2/c1-15-14-26-23-20(8-6-9-21(29)30-3)27(2)22(18-7-4-5-12-25-18)17-13-16(24)10-11-19(17)28(15)23/h4-5,7,10-14,20H,9H2,1-3H3/q+1/t20-/m0/s1. The topological polar surface area (TPSA) is 60.0 Å². The lowest BCUT2D eigenvalue weighted by atomic mass is 10.0. The fraction of sp³-hybridized carbons (Fsp3) is 0.217. The van der Waals surface area contributed by atoms with E-state index in [1.54, 1.807) is 6.20 Å². The van der Waals surface area contributed by atoms with Crippen molar-refractivity contribution in [1.82, 2.24) is 14.5 Å². The summed E-state index contributed by atoms with van der Waals surface area (Å²) >= 11 is 3.61. The molecule has 7 heteroatoms. The smallest absolute Gasteiger partial charge is 0.317 e. The highest BCUT2D eigenvalue weighted by Crippen LogP contribution is 2.31. The molecule has 0 saturated carbocycles. The number of fused-ring (bicyclic) bond motifs is 3. The molecule has 1 aromatic carbocycles. The summed E-state index contributed by atoms with van der Waals surface area (Å²) in [6.45, 7) is 2.02. The highest BCUT2D eigenvalue weighted by atomic mass is 79.9. The Hall–Kier alpha value is -3.24. The minimum atomic E-state index is -0.369. The van der Waals surface area contributed by atoms with Crippen LogP contribution in [0.2, 0.25) is 0 Å². The second-order valence-electron chi connectivity index (χ2n) is 6.91. The molecular formula is C23H20BrN4O2+. The van der Waals surface area contributed by atoms with Gasteiger partial charge >= 0.3 is 5.97 Å². The third-order valence-corrected chi connectivity index (χ3v) is 5.50. The summed E-state index contributed by atoms with van der Waals surface area (Å²) in [4.78, 5) is 20.9. The number of aromatic nitrogens is 3. The lowest BCUT2D eigenvalue weighted by Crippen LogP contribution is -2.24. The number of methoxy groups -OCH3 is 1. The lowest BCUT2D eigenvalue weighted by molar-refractivity contribution is -0.529. The van der Waals surface area contributed by atoms with E-state index in [-0.39, 0.29) is 18.4 Å². The van der Waals surface area contributed by atoms with E-state index >= 15 is 0 Å². The van der Waals surface area contributed by atoms with Gasteiger partial charge < -0.3 is 4.74 Å². The third kappa shape index (κ3) is 3.55. The van der Waals surface area contributed by atoms with E-state index in [0.717, 1.165) is 38.6 Å². The highest BCUT2D eigenvalue weighted by molar-refractivity contribution is 9.10. The van der Waals surface area contributed by atoms with Crippen molar-refractivity contribution in [3.63, 3.8) is 0 Å². The summed E-state index contributed by atoms with van der Waals surface area (Å²) in [6.07, 6.45) is 3.65. The van der Waals surface area contributed by atoms with Crippen LogP contribution in [0.15, 0.2) is 53.3 Å². The van der Waals surface area contributed by atoms with Crippen LogP contribution in [-0.4, -0.2) is 44.9 Å². The van der Waals surface area contributed by atoms with E-state index in [2.05, 4.69) is 59.0 Å². The van der Waals surface area contributed by atoms with Crippen LogP contribution < -0.4 is 0 Å². The zero-order chi connectivity index (χ0) is 21.3. The quantitative estimate of drug-likeness (QED) is 0.331. The predicted octanol–water partition coefficient (Wildman–Crippen LogP) is 3.44. The molecule has 0 spiro atoms. The molecule has 1 aliphatic heterocycles. The molecule has 0 radical (unpaired) electrons.